The van der Waals surface area contributed by atoms with Gasteiger partial charge in [0.25, 0.3) is 0 Å². The minimum absolute atomic E-state index is 0. The van der Waals surface area contributed by atoms with Crippen LogP contribution >= 0.6 is 24.0 Å². The van der Waals surface area contributed by atoms with Crippen molar-refractivity contribution >= 4 is 40.7 Å². The number of hydrogen-bond donors (Lipinski definition) is 1. The summed E-state index contributed by atoms with van der Waals surface area (Å²) in [6.45, 7) is 7.59. The van der Waals surface area contributed by atoms with Gasteiger partial charge in [0.15, 0.2) is 11.8 Å². The molecule has 5 rings (SSSR count). The minimum atomic E-state index is 0. The van der Waals surface area contributed by atoms with Gasteiger partial charge in [0.05, 0.1) is 0 Å². The molecule has 8 heteroatoms. The second kappa shape index (κ2) is 11.5. The van der Waals surface area contributed by atoms with Gasteiger partial charge in [-0.1, -0.05) is 55.3 Å². The summed E-state index contributed by atoms with van der Waals surface area (Å²) in [6, 6.07) is 15.9. The van der Waals surface area contributed by atoms with Crippen LogP contribution in [0.25, 0.3) is 10.8 Å². The lowest BCUT2D eigenvalue weighted by Crippen LogP contribution is -2.53. The first-order chi connectivity index (χ1) is 16.2. The van der Waals surface area contributed by atoms with Crippen LogP contribution in [0.1, 0.15) is 42.9 Å². The normalized spacial score (nSPS) is 17.8. The molecule has 1 aliphatic carbocycles. The van der Waals surface area contributed by atoms with Crippen molar-refractivity contribution in [2.24, 2.45) is 12.0 Å². The summed E-state index contributed by atoms with van der Waals surface area (Å²) in [6.07, 6.45) is 5.10. The zero-order valence-corrected chi connectivity index (χ0v) is 22.6. The third-order valence-electron chi connectivity index (χ3n) is 7.19. The number of piperazine rings is 1. The van der Waals surface area contributed by atoms with Crippen LogP contribution in [0.5, 0.6) is 0 Å². The van der Waals surface area contributed by atoms with E-state index in [9.17, 15) is 0 Å². The van der Waals surface area contributed by atoms with Crippen LogP contribution in [0.2, 0.25) is 0 Å². The van der Waals surface area contributed by atoms with Crippen molar-refractivity contribution in [3.8, 4) is 0 Å². The van der Waals surface area contributed by atoms with E-state index in [0.29, 0.717) is 12.6 Å². The molecule has 0 spiro atoms. The fourth-order valence-electron chi connectivity index (χ4n) is 5.01. The molecular formula is C26H36IN7. The second-order valence-electron chi connectivity index (χ2n) is 9.39. The van der Waals surface area contributed by atoms with Gasteiger partial charge in [-0.2, -0.15) is 0 Å². The molecule has 1 aromatic heterocycles. The van der Waals surface area contributed by atoms with E-state index < -0.39 is 0 Å². The van der Waals surface area contributed by atoms with E-state index in [2.05, 4.69) is 67.8 Å². The van der Waals surface area contributed by atoms with Crippen LogP contribution in [-0.4, -0.2) is 62.7 Å². The largest absolute Gasteiger partial charge is 0.353 e. The maximum Gasteiger partial charge on any atom is 0.194 e. The number of aryl methyl sites for hydroxylation is 1. The summed E-state index contributed by atoms with van der Waals surface area (Å²) in [5.74, 6) is 2.87. The van der Waals surface area contributed by atoms with Gasteiger partial charge in [0.1, 0.15) is 12.4 Å². The summed E-state index contributed by atoms with van der Waals surface area (Å²) in [4.78, 5) is 9.99. The first-order valence-corrected chi connectivity index (χ1v) is 12.3. The molecule has 1 saturated carbocycles. The number of nitrogens with one attached hydrogen (secondary N) is 1. The lowest BCUT2D eigenvalue weighted by molar-refractivity contribution is 0.172. The van der Waals surface area contributed by atoms with Crippen LogP contribution < -0.4 is 5.32 Å². The Kier molecular flexibility index (Phi) is 8.41. The number of halogens is 1. The number of aromatic nitrogens is 3. The van der Waals surface area contributed by atoms with Crippen molar-refractivity contribution in [3.05, 3.63) is 59.7 Å². The molecule has 1 aliphatic heterocycles. The molecular weight excluding hydrogens is 537 g/mol. The van der Waals surface area contributed by atoms with Gasteiger partial charge >= 0.3 is 0 Å². The zero-order chi connectivity index (χ0) is 22.6. The van der Waals surface area contributed by atoms with Crippen LogP contribution in [-0.2, 0) is 20.1 Å². The van der Waals surface area contributed by atoms with Crippen LogP contribution in [0.3, 0.4) is 0 Å². The number of guanidine groups is 1. The number of aliphatic imine (C=N–C) groups is 1. The standard InChI is InChI=1S/C26H35N7.HI/c1-20-29-30-25(31(20)2)18-27-26(28-23-11-4-5-12-23)33-16-14-32(15-17-33)19-22-10-7-9-21-8-3-6-13-24(21)22;/h3,6-10,13,23H,4-5,11-12,14-19H2,1-2H3,(H,27,28);1H. The molecule has 0 atom stereocenters. The van der Waals surface area contributed by atoms with Crippen molar-refractivity contribution in [1.29, 1.82) is 0 Å². The smallest absolute Gasteiger partial charge is 0.194 e. The van der Waals surface area contributed by atoms with Crippen molar-refractivity contribution < 1.29 is 0 Å². The molecule has 3 aromatic rings. The molecule has 1 saturated heterocycles. The van der Waals surface area contributed by atoms with E-state index in [0.717, 1.165) is 50.3 Å². The summed E-state index contributed by atoms with van der Waals surface area (Å²) in [5.41, 5.74) is 1.41. The average Bonchev–Trinajstić information content (AvgIpc) is 3.47. The van der Waals surface area contributed by atoms with Gasteiger partial charge in [-0.25, -0.2) is 4.99 Å². The summed E-state index contributed by atoms with van der Waals surface area (Å²) in [7, 11) is 2.01. The molecule has 2 aliphatic rings. The van der Waals surface area contributed by atoms with Gasteiger partial charge < -0.3 is 14.8 Å². The lowest BCUT2D eigenvalue weighted by atomic mass is 10.0. The van der Waals surface area contributed by atoms with E-state index in [1.165, 1.54) is 42.0 Å². The van der Waals surface area contributed by atoms with Gasteiger partial charge in [-0.05, 0) is 36.1 Å². The number of nitrogens with zero attached hydrogens (tertiary/aromatic N) is 6. The average molecular weight is 574 g/mol. The monoisotopic (exact) mass is 573 g/mol. The van der Waals surface area contributed by atoms with Gasteiger partial charge in [-0.15, -0.1) is 34.2 Å². The lowest BCUT2D eigenvalue weighted by Gasteiger charge is -2.37. The van der Waals surface area contributed by atoms with E-state index >= 15 is 0 Å². The predicted molar refractivity (Wildman–Crippen MR) is 148 cm³/mol. The Bertz CT molecular complexity index is 1110. The van der Waals surface area contributed by atoms with E-state index in [4.69, 9.17) is 4.99 Å². The van der Waals surface area contributed by atoms with Crippen LogP contribution in [0, 0.1) is 6.92 Å². The number of hydrogen-bond acceptors (Lipinski definition) is 4. The van der Waals surface area contributed by atoms with Crippen LogP contribution in [0.4, 0.5) is 0 Å². The summed E-state index contributed by atoms with van der Waals surface area (Å²) in [5, 5.41) is 14.9. The predicted octanol–water partition coefficient (Wildman–Crippen LogP) is 4.10. The first kappa shape index (κ1) is 24.9. The Morgan fingerprint density at radius 3 is 2.47 bits per heavy atom. The van der Waals surface area contributed by atoms with Crippen LogP contribution in [0.15, 0.2) is 47.5 Å². The van der Waals surface area contributed by atoms with Crippen molar-refractivity contribution in [1.82, 2.24) is 29.9 Å². The molecule has 34 heavy (non-hydrogen) atoms. The van der Waals surface area contributed by atoms with Crippen molar-refractivity contribution in [2.45, 2.75) is 51.7 Å². The third kappa shape index (κ3) is 5.71. The molecule has 0 amide bonds. The van der Waals surface area contributed by atoms with Gasteiger partial charge in [0, 0.05) is 45.8 Å². The van der Waals surface area contributed by atoms with E-state index in [1.807, 2.05) is 18.5 Å². The molecule has 0 radical (unpaired) electrons. The van der Waals surface area contributed by atoms with Crippen molar-refractivity contribution in [3.63, 3.8) is 0 Å². The fourth-order valence-corrected chi connectivity index (χ4v) is 5.01. The van der Waals surface area contributed by atoms with E-state index in [-0.39, 0.29) is 24.0 Å². The van der Waals surface area contributed by atoms with Crippen molar-refractivity contribution in [2.75, 3.05) is 26.2 Å². The Morgan fingerprint density at radius 2 is 1.74 bits per heavy atom. The molecule has 7 nitrogen and oxygen atoms in total. The molecule has 0 bridgehead atoms. The molecule has 2 fully saturated rings. The number of fused-ring (bicyclic) bond motifs is 1. The topological polar surface area (TPSA) is 61.6 Å². The highest BCUT2D eigenvalue weighted by molar-refractivity contribution is 14.0. The van der Waals surface area contributed by atoms with E-state index in [1.54, 1.807) is 0 Å². The fraction of sp³-hybridized carbons (Fsp3) is 0.500. The maximum absolute atomic E-state index is 4.99. The SMILES string of the molecule is Cc1nnc(CN=C(NC2CCCC2)N2CCN(Cc3cccc4ccccc34)CC2)n1C.I. The Morgan fingerprint density at radius 1 is 1.00 bits per heavy atom. The van der Waals surface area contributed by atoms with Gasteiger partial charge in [0.2, 0.25) is 0 Å². The maximum atomic E-state index is 4.99. The highest BCUT2D eigenvalue weighted by atomic mass is 127. The van der Waals surface area contributed by atoms with Gasteiger partial charge in [-0.3, -0.25) is 4.90 Å². The molecule has 2 aromatic carbocycles. The molecule has 2 heterocycles. The third-order valence-corrected chi connectivity index (χ3v) is 7.19. The summed E-state index contributed by atoms with van der Waals surface area (Å²) < 4.78 is 2.03. The highest BCUT2D eigenvalue weighted by Crippen LogP contribution is 2.21. The minimum Gasteiger partial charge on any atom is -0.353 e. The Hall–Kier alpha value is -2.20. The number of rotatable bonds is 5. The second-order valence-corrected chi connectivity index (χ2v) is 9.39. The Balaban J connectivity index is 0.00000274. The molecule has 182 valence electrons. The Labute approximate surface area is 219 Å². The summed E-state index contributed by atoms with van der Waals surface area (Å²) >= 11 is 0. The molecule has 1 N–H and O–H groups in total. The first-order valence-electron chi connectivity index (χ1n) is 12.3. The molecule has 0 unspecified atom stereocenters. The highest BCUT2D eigenvalue weighted by Gasteiger charge is 2.24. The number of benzene rings is 2. The zero-order valence-electron chi connectivity index (χ0n) is 20.3. The quantitative estimate of drug-likeness (QED) is 0.283.